The molecule has 4 rings (SSSR count). The number of benzene rings is 1. The largest absolute Gasteiger partial charge is 0.463 e. The molecule has 1 N–H and O–H groups in total. The quantitative estimate of drug-likeness (QED) is 0.670. The number of carbonyl (C=O) groups is 2. The van der Waals surface area contributed by atoms with Crippen molar-refractivity contribution in [3.8, 4) is 11.5 Å². The molecule has 0 saturated carbocycles. The van der Waals surface area contributed by atoms with Gasteiger partial charge in [0, 0.05) is 6.07 Å². The van der Waals surface area contributed by atoms with Crippen LogP contribution in [0.2, 0.25) is 0 Å². The van der Waals surface area contributed by atoms with Crippen LogP contribution in [0.15, 0.2) is 69.2 Å². The predicted molar refractivity (Wildman–Crippen MR) is 104 cm³/mol. The van der Waals surface area contributed by atoms with Crippen LogP contribution in [-0.4, -0.2) is 33.3 Å². The lowest BCUT2D eigenvalue weighted by molar-refractivity contribution is -0.113. The van der Waals surface area contributed by atoms with Gasteiger partial charge in [-0.25, -0.2) is 13.8 Å². The fourth-order valence-electron chi connectivity index (χ4n) is 2.71. The number of aliphatic imine (C=N–C) groups is 2. The topological polar surface area (TPSA) is 102 Å². The van der Waals surface area contributed by atoms with Gasteiger partial charge in [0.2, 0.25) is 0 Å². The number of anilines is 1. The molecular weight excluding hydrogens is 396 g/mol. The van der Waals surface area contributed by atoms with Crippen molar-refractivity contribution >= 4 is 29.3 Å². The minimum Gasteiger partial charge on any atom is -0.463 e. The lowest BCUT2D eigenvalue weighted by Crippen LogP contribution is -2.25. The number of halogens is 2. The Kier molecular flexibility index (Phi) is 4.66. The molecule has 0 bridgehead atoms. The maximum absolute atomic E-state index is 14.0. The molecule has 8 nitrogen and oxygen atoms in total. The molecule has 0 radical (unpaired) electrons. The minimum absolute atomic E-state index is 0.0235. The summed E-state index contributed by atoms with van der Waals surface area (Å²) in [7, 11) is 0. The van der Waals surface area contributed by atoms with Crippen molar-refractivity contribution in [2.24, 2.45) is 9.98 Å². The third-order valence-electron chi connectivity index (χ3n) is 4.27. The first kappa shape index (κ1) is 19.1. The van der Waals surface area contributed by atoms with E-state index in [1.807, 2.05) is 0 Å². The molecule has 0 unspecified atom stereocenters. The Morgan fingerprint density at radius 2 is 1.90 bits per heavy atom. The van der Waals surface area contributed by atoms with Crippen LogP contribution in [0.5, 0.6) is 0 Å². The van der Waals surface area contributed by atoms with Gasteiger partial charge in [0.25, 0.3) is 17.8 Å². The number of aromatic nitrogens is 2. The molecule has 0 aliphatic carbocycles. The Morgan fingerprint density at radius 1 is 1.17 bits per heavy atom. The van der Waals surface area contributed by atoms with Crippen molar-refractivity contribution in [3.63, 3.8) is 0 Å². The van der Waals surface area contributed by atoms with Crippen molar-refractivity contribution in [1.29, 1.82) is 0 Å². The van der Waals surface area contributed by atoms with Crippen molar-refractivity contribution < 1.29 is 22.8 Å². The summed E-state index contributed by atoms with van der Waals surface area (Å²) in [5, 5.41) is 6.65. The van der Waals surface area contributed by atoms with E-state index in [0.717, 1.165) is 22.9 Å². The van der Waals surface area contributed by atoms with Gasteiger partial charge in [0.05, 0.1) is 17.5 Å². The highest BCUT2D eigenvalue weighted by Crippen LogP contribution is 2.24. The first-order chi connectivity index (χ1) is 14.3. The fourth-order valence-corrected chi connectivity index (χ4v) is 2.71. The Hall–Kier alpha value is -4.21. The zero-order chi connectivity index (χ0) is 21.4. The van der Waals surface area contributed by atoms with E-state index < -0.39 is 29.0 Å². The van der Waals surface area contributed by atoms with E-state index in [2.05, 4.69) is 27.0 Å². The molecule has 3 heterocycles. The second-order valence-corrected chi connectivity index (χ2v) is 6.25. The summed E-state index contributed by atoms with van der Waals surface area (Å²) in [5.41, 5.74) is -0.0510. The molecule has 2 aromatic heterocycles. The van der Waals surface area contributed by atoms with Crippen LogP contribution in [0.3, 0.4) is 0 Å². The average molecular weight is 409 g/mol. The Morgan fingerprint density at radius 3 is 2.53 bits per heavy atom. The third-order valence-corrected chi connectivity index (χ3v) is 4.27. The highest BCUT2D eigenvalue weighted by Gasteiger charge is 2.24. The van der Waals surface area contributed by atoms with Gasteiger partial charge in [-0.3, -0.25) is 9.59 Å². The van der Waals surface area contributed by atoms with Gasteiger partial charge in [-0.2, -0.15) is 14.8 Å². The molecule has 0 fully saturated rings. The van der Waals surface area contributed by atoms with Crippen LogP contribution in [0, 0.1) is 11.6 Å². The lowest BCUT2D eigenvalue weighted by atomic mass is 10.2. The van der Waals surface area contributed by atoms with Gasteiger partial charge in [-0.05, 0) is 31.2 Å². The molecule has 1 aromatic carbocycles. The summed E-state index contributed by atoms with van der Waals surface area (Å²) >= 11 is 0. The SMILES string of the molecule is C=C1C(=O)N=C(n2nc(-c3ccco3)cc2NC(=O)c2c(F)cccc2F)N=C1C. The summed E-state index contributed by atoms with van der Waals surface area (Å²) in [6.07, 6.45) is 1.43. The number of nitrogens with one attached hydrogen (secondary N) is 1. The summed E-state index contributed by atoms with van der Waals surface area (Å²) in [5.74, 6) is -3.54. The molecule has 10 heteroatoms. The molecule has 30 heavy (non-hydrogen) atoms. The van der Waals surface area contributed by atoms with Gasteiger partial charge >= 0.3 is 0 Å². The molecule has 1 aliphatic heterocycles. The summed E-state index contributed by atoms with van der Waals surface area (Å²) < 4.78 is 34.4. The lowest BCUT2D eigenvalue weighted by Gasteiger charge is -2.13. The molecule has 3 aromatic rings. The van der Waals surface area contributed by atoms with Crippen LogP contribution < -0.4 is 5.32 Å². The smallest absolute Gasteiger partial charge is 0.281 e. The molecule has 0 spiro atoms. The van der Waals surface area contributed by atoms with E-state index in [0.29, 0.717) is 11.5 Å². The minimum atomic E-state index is -1.05. The number of hydrogen-bond acceptors (Lipinski definition) is 5. The zero-order valence-corrected chi connectivity index (χ0v) is 15.5. The predicted octanol–water partition coefficient (Wildman–Crippen LogP) is 3.44. The third kappa shape index (κ3) is 3.34. The number of hydrogen-bond donors (Lipinski definition) is 1. The maximum Gasteiger partial charge on any atom is 0.281 e. The Balaban J connectivity index is 1.79. The number of amides is 2. The number of nitrogens with zero attached hydrogens (tertiary/aromatic N) is 4. The standard InChI is InChI=1S/C20H13F2N5O3/c1-10-11(2)23-20(25-18(10)28)27-16(9-14(26-27)15-7-4-8-30-15)24-19(29)17-12(21)5-3-6-13(17)22/h3-9H,1H2,2H3,(H,24,29). The maximum atomic E-state index is 14.0. The fraction of sp³-hybridized carbons (Fsp3) is 0.0500. The molecule has 0 saturated heterocycles. The van der Waals surface area contributed by atoms with Crippen molar-refractivity contribution in [2.75, 3.05) is 5.32 Å². The monoisotopic (exact) mass is 409 g/mol. The number of carbonyl (C=O) groups excluding carboxylic acids is 2. The molecule has 1 aliphatic rings. The van der Waals surface area contributed by atoms with Crippen molar-refractivity contribution in [2.45, 2.75) is 6.92 Å². The molecule has 2 amide bonds. The van der Waals surface area contributed by atoms with Crippen molar-refractivity contribution in [1.82, 2.24) is 9.78 Å². The molecule has 150 valence electrons. The normalized spacial score (nSPS) is 13.8. The van der Waals surface area contributed by atoms with Gasteiger partial charge in [-0.1, -0.05) is 12.6 Å². The Labute approximate surface area is 168 Å². The van der Waals surface area contributed by atoms with Crippen LogP contribution in [0.1, 0.15) is 17.3 Å². The van der Waals surface area contributed by atoms with Gasteiger partial charge in [0.1, 0.15) is 28.7 Å². The first-order valence-corrected chi connectivity index (χ1v) is 8.62. The van der Waals surface area contributed by atoms with E-state index in [9.17, 15) is 18.4 Å². The molecule has 0 atom stereocenters. The summed E-state index contributed by atoms with van der Waals surface area (Å²) in [6.45, 7) is 5.16. The second-order valence-electron chi connectivity index (χ2n) is 6.25. The Bertz CT molecular complexity index is 1240. The van der Waals surface area contributed by atoms with Gasteiger partial charge in [0.15, 0.2) is 5.76 Å². The highest BCUT2D eigenvalue weighted by atomic mass is 19.1. The van der Waals surface area contributed by atoms with Crippen molar-refractivity contribution in [3.05, 3.63) is 72.0 Å². The van der Waals surface area contributed by atoms with E-state index >= 15 is 0 Å². The van der Waals surface area contributed by atoms with Crippen LogP contribution >= 0.6 is 0 Å². The van der Waals surface area contributed by atoms with Crippen LogP contribution in [0.25, 0.3) is 11.5 Å². The van der Waals surface area contributed by atoms with E-state index in [1.165, 1.54) is 12.3 Å². The number of furan rings is 1. The second kappa shape index (κ2) is 7.32. The van der Waals surface area contributed by atoms with E-state index in [-0.39, 0.29) is 23.0 Å². The van der Waals surface area contributed by atoms with E-state index in [1.54, 1.807) is 19.1 Å². The van der Waals surface area contributed by atoms with Gasteiger partial charge in [-0.15, -0.1) is 0 Å². The van der Waals surface area contributed by atoms with Gasteiger partial charge < -0.3 is 9.73 Å². The first-order valence-electron chi connectivity index (χ1n) is 8.62. The summed E-state index contributed by atoms with van der Waals surface area (Å²) in [6, 6.07) is 7.73. The zero-order valence-electron chi connectivity index (χ0n) is 15.5. The van der Waals surface area contributed by atoms with Crippen LogP contribution in [0.4, 0.5) is 14.6 Å². The van der Waals surface area contributed by atoms with E-state index in [4.69, 9.17) is 4.42 Å². The molecular formula is C20H13F2N5O3. The number of rotatable bonds is 3. The van der Waals surface area contributed by atoms with Crippen LogP contribution in [-0.2, 0) is 4.79 Å². The average Bonchev–Trinajstić information content (AvgIpc) is 3.35. The highest BCUT2D eigenvalue weighted by molar-refractivity contribution is 6.28. The summed E-state index contributed by atoms with van der Waals surface area (Å²) in [4.78, 5) is 32.6.